The quantitative estimate of drug-likeness (QED) is 0.851. The van der Waals surface area contributed by atoms with Gasteiger partial charge in [0, 0.05) is 28.2 Å². The van der Waals surface area contributed by atoms with Gasteiger partial charge in [-0.25, -0.2) is 13.1 Å². The maximum Gasteiger partial charge on any atom is 0.241 e. The molecule has 0 aromatic heterocycles. The monoisotopic (exact) mass is 397 g/mol. The average molecular weight is 399 g/mol. The molecule has 1 saturated heterocycles. The van der Waals surface area contributed by atoms with Gasteiger partial charge in [-0.3, -0.25) is 0 Å². The van der Waals surface area contributed by atoms with Crippen molar-refractivity contribution in [2.75, 3.05) is 13.2 Å². The fourth-order valence-corrected chi connectivity index (χ4v) is 4.84. The van der Waals surface area contributed by atoms with Crippen molar-refractivity contribution >= 4 is 41.9 Å². The Morgan fingerprint density at radius 1 is 1.22 bits per heavy atom. The third-order valence-electron chi connectivity index (χ3n) is 2.73. The first-order valence-electron chi connectivity index (χ1n) is 5.54. The molecule has 4 nitrogen and oxygen atoms in total. The van der Waals surface area contributed by atoms with E-state index in [1.807, 2.05) is 0 Å². The molecule has 1 N–H and O–H groups in total. The summed E-state index contributed by atoms with van der Waals surface area (Å²) in [5, 5.41) is 0. The number of rotatable bonds is 3. The van der Waals surface area contributed by atoms with Crippen molar-refractivity contribution in [3.8, 4) is 0 Å². The molecule has 0 atom stereocenters. The Bertz CT molecular complexity index is 527. The van der Waals surface area contributed by atoms with E-state index in [0.717, 1.165) is 4.47 Å². The summed E-state index contributed by atoms with van der Waals surface area (Å²) in [5.74, 6) is 0. The van der Waals surface area contributed by atoms with Crippen molar-refractivity contribution in [2.45, 2.75) is 23.8 Å². The molecule has 1 fully saturated rings. The van der Waals surface area contributed by atoms with Crippen LogP contribution in [0.5, 0.6) is 0 Å². The lowest BCUT2D eigenvalue weighted by molar-refractivity contribution is 0.0832. The highest BCUT2D eigenvalue weighted by Gasteiger charge is 2.23. The maximum atomic E-state index is 12.2. The minimum atomic E-state index is -3.48. The first-order valence-corrected chi connectivity index (χ1v) is 8.61. The molecule has 0 aliphatic carbocycles. The lowest BCUT2D eigenvalue weighted by Crippen LogP contribution is -2.38. The summed E-state index contributed by atoms with van der Waals surface area (Å²) >= 11 is 6.57. The second-order valence-corrected chi connectivity index (χ2v) is 7.54. The van der Waals surface area contributed by atoms with Gasteiger partial charge in [0.15, 0.2) is 0 Å². The van der Waals surface area contributed by atoms with Crippen molar-refractivity contribution in [2.24, 2.45) is 0 Å². The van der Waals surface area contributed by atoms with Crippen molar-refractivity contribution in [3.63, 3.8) is 0 Å². The standard InChI is InChI=1S/C11H13Br2NO3S/c12-8-1-2-11(10(13)7-8)18(15,16)14-9-3-5-17-6-4-9/h1-2,7,9,14H,3-6H2. The number of ether oxygens (including phenoxy) is 1. The van der Waals surface area contributed by atoms with Gasteiger partial charge in [0.05, 0.1) is 4.90 Å². The molecule has 1 aromatic rings. The first kappa shape index (κ1) is 14.5. The van der Waals surface area contributed by atoms with Crippen LogP contribution in [0.15, 0.2) is 32.0 Å². The number of hydrogen-bond donors (Lipinski definition) is 1. The molecule has 0 amide bonds. The Balaban J connectivity index is 2.19. The summed E-state index contributed by atoms with van der Waals surface area (Å²) < 4.78 is 33.8. The van der Waals surface area contributed by atoms with Crippen LogP contribution in [0.2, 0.25) is 0 Å². The van der Waals surface area contributed by atoms with Gasteiger partial charge in [0.1, 0.15) is 0 Å². The van der Waals surface area contributed by atoms with E-state index < -0.39 is 10.0 Å². The van der Waals surface area contributed by atoms with Crippen LogP contribution in [0.3, 0.4) is 0 Å². The molecule has 0 radical (unpaired) electrons. The van der Waals surface area contributed by atoms with E-state index in [4.69, 9.17) is 4.74 Å². The smallest absolute Gasteiger partial charge is 0.241 e. The maximum absolute atomic E-state index is 12.2. The Hall–Kier alpha value is 0.0500. The van der Waals surface area contributed by atoms with Crippen LogP contribution in [0.1, 0.15) is 12.8 Å². The lowest BCUT2D eigenvalue weighted by atomic mass is 10.1. The molecule has 0 saturated carbocycles. The second-order valence-electron chi connectivity index (χ2n) is 4.08. The fraction of sp³-hybridized carbons (Fsp3) is 0.455. The van der Waals surface area contributed by atoms with E-state index >= 15 is 0 Å². The summed E-state index contributed by atoms with van der Waals surface area (Å²) in [6, 6.07) is 4.97. The number of nitrogens with one attached hydrogen (secondary N) is 1. The zero-order valence-electron chi connectivity index (χ0n) is 9.53. The SMILES string of the molecule is O=S(=O)(NC1CCOCC1)c1ccc(Br)cc1Br. The molecule has 1 aliphatic heterocycles. The normalized spacial score (nSPS) is 17.9. The topological polar surface area (TPSA) is 55.4 Å². The molecule has 0 unspecified atom stereocenters. The molecule has 0 spiro atoms. The second kappa shape index (κ2) is 6.00. The van der Waals surface area contributed by atoms with Gasteiger partial charge in [-0.05, 0) is 47.0 Å². The Kier molecular flexibility index (Phi) is 4.82. The van der Waals surface area contributed by atoms with Crippen LogP contribution >= 0.6 is 31.9 Å². The van der Waals surface area contributed by atoms with Crippen LogP contribution in [-0.4, -0.2) is 27.7 Å². The van der Waals surface area contributed by atoms with Gasteiger partial charge in [0.2, 0.25) is 10.0 Å². The van der Waals surface area contributed by atoms with Crippen LogP contribution in [0.25, 0.3) is 0 Å². The highest BCUT2D eigenvalue weighted by molar-refractivity contribution is 9.11. The molecule has 1 aliphatic rings. The molecule has 2 rings (SSSR count). The van der Waals surface area contributed by atoms with E-state index in [2.05, 4.69) is 36.6 Å². The third kappa shape index (κ3) is 3.54. The Labute approximate surface area is 123 Å². The van der Waals surface area contributed by atoms with Gasteiger partial charge < -0.3 is 4.74 Å². The summed E-state index contributed by atoms with van der Waals surface area (Å²) in [7, 11) is -3.48. The van der Waals surface area contributed by atoms with Gasteiger partial charge in [-0.2, -0.15) is 0 Å². The van der Waals surface area contributed by atoms with Crippen molar-refractivity contribution in [3.05, 3.63) is 27.1 Å². The van der Waals surface area contributed by atoms with Gasteiger partial charge in [-0.15, -0.1) is 0 Å². The largest absolute Gasteiger partial charge is 0.381 e. The first-order chi connectivity index (χ1) is 8.49. The minimum absolute atomic E-state index is 0.0423. The summed E-state index contributed by atoms with van der Waals surface area (Å²) in [6.45, 7) is 1.21. The van der Waals surface area contributed by atoms with Crippen molar-refractivity contribution in [1.82, 2.24) is 4.72 Å². The predicted molar refractivity (Wildman–Crippen MR) is 76.0 cm³/mol. The molecule has 1 heterocycles. The number of hydrogen-bond acceptors (Lipinski definition) is 3. The summed E-state index contributed by atoms with van der Waals surface area (Å²) in [4.78, 5) is 0.261. The molecule has 18 heavy (non-hydrogen) atoms. The number of benzene rings is 1. The lowest BCUT2D eigenvalue weighted by Gasteiger charge is -2.23. The van der Waals surface area contributed by atoms with Crippen LogP contribution < -0.4 is 4.72 Å². The molecule has 100 valence electrons. The van der Waals surface area contributed by atoms with Gasteiger partial charge in [-0.1, -0.05) is 15.9 Å². The van der Waals surface area contributed by atoms with E-state index in [9.17, 15) is 8.42 Å². The number of sulfonamides is 1. The zero-order valence-corrected chi connectivity index (χ0v) is 13.5. The Morgan fingerprint density at radius 3 is 2.50 bits per heavy atom. The third-order valence-corrected chi connectivity index (χ3v) is 5.72. The van der Waals surface area contributed by atoms with Gasteiger partial charge >= 0.3 is 0 Å². The van der Waals surface area contributed by atoms with E-state index in [1.54, 1.807) is 18.2 Å². The average Bonchev–Trinajstić information content (AvgIpc) is 2.29. The van der Waals surface area contributed by atoms with E-state index in [-0.39, 0.29) is 10.9 Å². The highest BCUT2D eigenvalue weighted by atomic mass is 79.9. The minimum Gasteiger partial charge on any atom is -0.381 e. The fourth-order valence-electron chi connectivity index (χ4n) is 1.79. The summed E-state index contributed by atoms with van der Waals surface area (Å²) in [5.41, 5.74) is 0. The molecular weight excluding hydrogens is 386 g/mol. The van der Waals surface area contributed by atoms with Crippen molar-refractivity contribution in [1.29, 1.82) is 0 Å². The molecule has 1 aromatic carbocycles. The zero-order chi connectivity index (χ0) is 13.2. The molecule has 7 heteroatoms. The molecule has 0 bridgehead atoms. The van der Waals surface area contributed by atoms with Crippen molar-refractivity contribution < 1.29 is 13.2 Å². The predicted octanol–water partition coefficient (Wildman–Crippen LogP) is 2.67. The summed E-state index contributed by atoms with van der Waals surface area (Å²) in [6.07, 6.45) is 1.43. The molecular formula is C11H13Br2NO3S. The van der Waals surface area contributed by atoms with E-state index in [1.165, 1.54) is 0 Å². The van der Waals surface area contributed by atoms with Gasteiger partial charge in [0.25, 0.3) is 0 Å². The van der Waals surface area contributed by atoms with E-state index in [0.29, 0.717) is 30.5 Å². The highest BCUT2D eigenvalue weighted by Crippen LogP contribution is 2.26. The van der Waals surface area contributed by atoms with Crippen LogP contribution in [0, 0.1) is 0 Å². The van der Waals surface area contributed by atoms with Crippen LogP contribution in [-0.2, 0) is 14.8 Å². The number of halogens is 2. The Morgan fingerprint density at radius 2 is 1.89 bits per heavy atom. The van der Waals surface area contributed by atoms with Crippen LogP contribution in [0.4, 0.5) is 0 Å².